The number of ether oxygens (including phenoxy) is 1. The number of sulfonamides is 1. The van der Waals surface area contributed by atoms with Gasteiger partial charge in [0.1, 0.15) is 4.90 Å². The number of nitrogen functional groups attached to an aromatic ring is 1. The zero-order valence-electron chi connectivity index (χ0n) is 13.0. The third-order valence-corrected chi connectivity index (χ3v) is 5.70. The fraction of sp³-hybridized carbons (Fsp3) is 0.769. The summed E-state index contributed by atoms with van der Waals surface area (Å²) in [4.78, 5) is 0.0417. The maximum atomic E-state index is 12.5. The highest BCUT2D eigenvalue weighted by Crippen LogP contribution is 2.43. The van der Waals surface area contributed by atoms with E-state index in [-0.39, 0.29) is 28.3 Å². The van der Waals surface area contributed by atoms with E-state index in [1.807, 2.05) is 27.7 Å². The van der Waals surface area contributed by atoms with Crippen molar-refractivity contribution in [2.45, 2.75) is 57.7 Å². The summed E-state index contributed by atoms with van der Waals surface area (Å²) in [5, 5.41) is 3.98. The van der Waals surface area contributed by atoms with Crippen molar-refractivity contribution in [3.8, 4) is 0 Å². The van der Waals surface area contributed by atoms with Crippen LogP contribution in [-0.4, -0.2) is 37.0 Å². The summed E-state index contributed by atoms with van der Waals surface area (Å²) in [6, 6.07) is -0.163. The normalized spacial score (nSPS) is 24.8. The Morgan fingerprint density at radius 1 is 1.52 bits per heavy atom. The molecule has 7 nitrogen and oxygen atoms in total. The summed E-state index contributed by atoms with van der Waals surface area (Å²) in [6.07, 6.45) is 2.21. The lowest BCUT2D eigenvalue weighted by Gasteiger charge is -2.51. The Morgan fingerprint density at radius 2 is 2.19 bits per heavy atom. The van der Waals surface area contributed by atoms with Gasteiger partial charge < -0.3 is 10.5 Å². The molecule has 0 saturated heterocycles. The van der Waals surface area contributed by atoms with Crippen molar-refractivity contribution in [3.63, 3.8) is 0 Å². The smallest absolute Gasteiger partial charge is 0.246 e. The van der Waals surface area contributed by atoms with Crippen molar-refractivity contribution in [2.75, 3.05) is 12.3 Å². The van der Waals surface area contributed by atoms with Gasteiger partial charge in [0, 0.05) is 30.8 Å². The van der Waals surface area contributed by atoms with E-state index < -0.39 is 10.0 Å². The average Bonchev–Trinajstić information content (AvgIpc) is 2.80. The molecule has 1 fully saturated rings. The number of nitrogens with one attached hydrogen (secondary N) is 1. The molecule has 0 radical (unpaired) electrons. The minimum atomic E-state index is -3.66. The lowest BCUT2D eigenvalue weighted by atomic mass is 9.65. The summed E-state index contributed by atoms with van der Waals surface area (Å²) in [6.45, 7) is 9.02. The van der Waals surface area contributed by atoms with Crippen molar-refractivity contribution < 1.29 is 13.2 Å². The van der Waals surface area contributed by atoms with Crippen molar-refractivity contribution in [2.24, 2.45) is 5.41 Å². The number of aromatic nitrogens is 2. The Kier molecular flexibility index (Phi) is 4.32. The molecular weight excluding hydrogens is 292 g/mol. The summed E-state index contributed by atoms with van der Waals surface area (Å²) in [5.41, 5.74) is 5.47. The number of hydrogen-bond acceptors (Lipinski definition) is 5. The molecule has 1 aliphatic rings. The van der Waals surface area contributed by atoms with E-state index in [1.165, 1.54) is 10.9 Å². The Hall–Kier alpha value is -1.12. The highest BCUT2D eigenvalue weighted by Gasteiger charge is 2.50. The van der Waals surface area contributed by atoms with Crippen LogP contribution in [0.3, 0.4) is 0 Å². The third-order valence-electron chi connectivity index (χ3n) is 4.21. The van der Waals surface area contributed by atoms with Crippen molar-refractivity contribution >= 4 is 15.8 Å². The lowest BCUT2D eigenvalue weighted by Crippen LogP contribution is -2.61. The molecule has 1 heterocycles. The first-order valence-electron chi connectivity index (χ1n) is 7.19. The Morgan fingerprint density at radius 3 is 2.67 bits per heavy atom. The summed E-state index contributed by atoms with van der Waals surface area (Å²) in [5.74, 6) is 0.0304. The molecule has 0 bridgehead atoms. The molecule has 0 aromatic carbocycles. The minimum Gasteiger partial charge on any atom is -0.381 e. The summed E-state index contributed by atoms with van der Waals surface area (Å²) < 4.78 is 34.8. The quantitative estimate of drug-likeness (QED) is 0.814. The van der Waals surface area contributed by atoms with Crippen LogP contribution in [0.2, 0.25) is 0 Å². The fourth-order valence-electron chi connectivity index (χ4n) is 2.61. The van der Waals surface area contributed by atoms with Gasteiger partial charge in [-0.05, 0) is 20.3 Å². The third kappa shape index (κ3) is 2.93. The van der Waals surface area contributed by atoms with E-state index in [4.69, 9.17) is 10.5 Å². The van der Waals surface area contributed by atoms with Gasteiger partial charge in [-0.25, -0.2) is 13.1 Å². The molecule has 0 aliphatic heterocycles. The van der Waals surface area contributed by atoms with E-state index >= 15 is 0 Å². The van der Waals surface area contributed by atoms with Gasteiger partial charge in [0.05, 0.1) is 6.10 Å². The van der Waals surface area contributed by atoms with Crippen LogP contribution in [0.25, 0.3) is 0 Å². The molecule has 2 unspecified atom stereocenters. The molecule has 0 amide bonds. The van der Waals surface area contributed by atoms with Gasteiger partial charge in [-0.3, -0.25) is 4.68 Å². The Labute approximate surface area is 125 Å². The summed E-state index contributed by atoms with van der Waals surface area (Å²) >= 11 is 0. The highest BCUT2D eigenvalue weighted by atomic mass is 32.2. The predicted octanol–water partition coefficient (Wildman–Crippen LogP) is 0.967. The molecule has 2 rings (SSSR count). The molecule has 120 valence electrons. The molecule has 1 aromatic rings. The van der Waals surface area contributed by atoms with Gasteiger partial charge in [-0.15, -0.1) is 0 Å². The van der Waals surface area contributed by atoms with Crippen LogP contribution in [0, 0.1) is 5.41 Å². The van der Waals surface area contributed by atoms with Gasteiger partial charge in [0.25, 0.3) is 0 Å². The van der Waals surface area contributed by atoms with E-state index in [1.54, 1.807) is 0 Å². The first kappa shape index (κ1) is 16.3. The second kappa shape index (κ2) is 5.58. The number of nitrogens with two attached hydrogens (primary N) is 1. The van der Waals surface area contributed by atoms with Gasteiger partial charge >= 0.3 is 0 Å². The van der Waals surface area contributed by atoms with Crippen molar-refractivity contribution in [1.82, 2.24) is 14.5 Å². The molecule has 1 saturated carbocycles. The zero-order chi connectivity index (χ0) is 15.8. The lowest BCUT2D eigenvalue weighted by molar-refractivity contribution is -0.108. The van der Waals surface area contributed by atoms with E-state index in [2.05, 4.69) is 9.82 Å². The summed E-state index contributed by atoms with van der Waals surface area (Å²) in [7, 11) is -3.66. The Balaban J connectivity index is 2.14. The molecule has 8 heteroatoms. The van der Waals surface area contributed by atoms with E-state index in [0.717, 1.165) is 0 Å². The highest BCUT2D eigenvalue weighted by molar-refractivity contribution is 7.89. The molecule has 21 heavy (non-hydrogen) atoms. The predicted molar refractivity (Wildman–Crippen MR) is 80.2 cm³/mol. The van der Waals surface area contributed by atoms with Gasteiger partial charge in [0.15, 0.2) is 5.82 Å². The van der Waals surface area contributed by atoms with Crippen molar-refractivity contribution in [1.29, 1.82) is 0 Å². The van der Waals surface area contributed by atoms with E-state index in [9.17, 15) is 8.42 Å². The van der Waals surface area contributed by atoms with Crippen LogP contribution >= 0.6 is 0 Å². The minimum absolute atomic E-state index is 0.0304. The molecular formula is C13H24N4O3S. The molecule has 1 aliphatic carbocycles. The van der Waals surface area contributed by atoms with Gasteiger partial charge in [0.2, 0.25) is 10.0 Å². The van der Waals surface area contributed by atoms with Gasteiger partial charge in [-0.1, -0.05) is 13.8 Å². The number of rotatable bonds is 6. The molecule has 2 atom stereocenters. The van der Waals surface area contributed by atoms with Crippen LogP contribution in [0.1, 0.15) is 34.1 Å². The second-order valence-corrected chi connectivity index (χ2v) is 7.59. The molecule has 1 aromatic heterocycles. The first-order valence-corrected chi connectivity index (χ1v) is 8.67. The topological polar surface area (TPSA) is 99.2 Å². The molecule has 3 N–H and O–H groups in total. The monoisotopic (exact) mass is 316 g/mol. The van der Waals surface area contributed by atoms with Crippen LogP contribution < -0.4 is 10.5 Å². The van der Waals surface area contributed by atoms with Crippen LogP contribution in [-0.2, 0) is 21.3 Å². The van der Waals surface area contributed by atoms with Crippen molar-refractivity contribution in [3.05, 3.63) is 6.20 Å². The van der Waals surface area contributed by atoms with Crippen LogP contribution in [0.15, 0.2) is 11.1 Å². The van der Waals surface area contributed by atoms with Crippen LogP contribution in [0.5, 0.6) is 0 Å². The second-order valence-electron chi connectivity index (χ2n) is 5.91. The zero-order valence-corrected chi connectivity index (χ0v) is 13.8. The Bertz CT molecular complexity index is 609. The first-order chi connectivity index (χ1) is 9.72. The van der Waals surface area contributed by atoms with Crippen LogP contribution in [0.4, 0.5) is 5.82 Å². The number of aryl methyl sites for hydroxylation is 1. The average molecular weight is 316 g/mol. The number of anilines is 1. The number of hydrogen-bond donors (Lipinski definition) is 2. The maximum absolute atomic E-state index is 12.5. The fourth-order valence-corrected chi connectivity index (χ4v) is 4.09. The van der Waals surface area contributed by atoms with E-state index in [0.29, 0.717) is 19.6 Å². The maximum Gasteiger partial charge on any atom is 0.246 e. The molecule has 0 spiro atoms. The SMILES string of the molecule is CCOC1CC(NS(=O)(=O)c2cn(CC)nc2N)C1(C)C. The standard InChI is InChI=1S/C13H24N4O3S/c1-5-17-8-9(12(14)15-17)21(18,19)16-10-7-11(20-6-2)13(10,3)4/h8,10-11,16H,5-7H2,1-4H3,(H2,14,15). The van der Waals surface area contributed by atoms with Gasteiger partial charge in [-0.2, -0.15) is 5.10 Å². The largest absolute Gasteiger partial charge is 0.381 e. The number of nitrogens with zero attached hydrogens (tertiary/aromatic N) is 2.